The highest BCUT2D eigenvalue weighted by Crippen LogP contribution is 2.16. The van der Waals surface area contributed by atoms with Gasteiger partial charge in [-0.1, -0.05) is 32.0 Å². The molecule has 20 heavy (non-hydrogen) atoms. The molecule has 0 aliphatic carbocycles. The van der Waals surface area contributed by atoms with Crippen LogP contribution in [0.4, 0.5) is 5.69 Å². The third-order valence-electron chi connectivity index (χ3n) is 2.99. The maximum Gasteiger partial charge on any atom is 0.171 e. The molecular formula is C16H19N3S. The maximum absolute atomic E-state index is 5.27. The summed E-state index contributed by atoms with van der Waals surface area (Å²) >= 11 is 5.27. The third kappa shape index (κ3) is 4.31. The lowest BCUT2D eigenvalue weighted by Crippen LogP contribution is -2.28. The molecule has 1 heterocycles. The Morgan fingerprint density at radius 1 is 1.15 bits per heavy atom. The fraction of sp³-hybridized carbons (Fsp3) is 0.250. The van der Waals surface area contributed by atoms with E-state index in [2.05, 4.69) is 41.6 Å². The summed E-state index contributed by atoms with van der Waals surface area (Å²) in [7, 11) is 0. The van der Waals surface area contributed by atoms with Crippen molar-refractivity contribution in [3.05, 3.63) is 59.9 Å². The second-order valence-electron chi connectivity index (χ2n) is 4.91. The zero-order chi connectivity index (χ0) is 14.4. The summed E-state index contributed by atoms with van der Waals surface area (Å²) in [6.45, 7) is 4.99. The minimum Gasteiger partial charge on any atom is -0.357 e. The Balaban J connectivity index is 1.85. The molecule has 104 valence electrons. The van der Waals surface area contributed by atoms with E-state index in [1.54, 1.807) is 6.20 Å². The molecule has 0 radical (unpaired) electrons. The molecule has 0 fully saturated rings. The SMILES string of the molecule is CC(C)c1ccc(NC(=S)NCc2ccccn2)cc1. The standard InChI is InChI=1S/C16H19N3S/c1-12(2)13-6-8-14(9-7-13)19-16(20)18-11-15-5-3-4-10-17-15/h3-10,12H,11H2,1-2H3,(H2,18,19,20). The van der Waals surface area contributed by atoms with Gasteiger partial charge in [0.1, 0.15) is 0 Å². The summed E-state index contributed by atoms with van der Waals surface area (Å²) in [6.07, 6.45) is 1.78. The summed E-state index contributed by atoms with van der Waals surface area (Å²) in [5.41, 5.74) is 3.28. The maximum atomic E-state index is 5.27. The molecule has 0 aliphatic heterocycles. The zero-order valence-electron chi connectivity index (χ0n) is 11.8. The van der Waals surface area contributed by atoms with Crippen LogP contribution in [0.1, 0.15) is 31.0 Å². The van der Waals surface area contributed by atoms with Gasteiger partial charge >= 0.3 is 0 Å². The van der Waals surface area contributed by atoms with Crippen molar-refractivity contribution in [3.63, 3.8) is 0 Å². The molecule has 0 unspecified atom stereocenters. The number of nitrogens with one attached hydrogen (secondary N) is 2. The summed E-state index contributed by atoms with van der Waals surface area (Å²) in [5.74, 6) is 0.540. The van der Waals surface area contributed by atoms with Crippen LogP contribution in [-0.4, -0.2) is 10.1 Å². The van der Waals surface area contributed by atoms with Crippen LogP contribution in [0.2, 0.25) is 0 Å². The van der Waals surface area contributed by atoms with Gasteiger partial charge < -0.3 is 10.6 Å². The van der Waals surface area contributed by atoms with Crippen molar-refractivity contribution < 1.29 is 0 Å². The van der Waals surface area contributed by atoms with E-state index in [0.29, 0.717) is 17.6 Å². The van der Waals surface area contributed by atoms with E-state index in [1.807, 2.05) is 30.3 Å². The van der Waals surface area contributed by atoms with Gasteiger partial charge in [0.05, 0.1) is 12.2 Å². The molecule has 0 aliphatic rings. The first-order valence-corrected chi connectivity index (χ1v) is 7.10. The highest BCUT2D eigenvalue weighted by Gasteiger charge is 2.01. The smallest absolute Gasteiger partial charge is 0.171 e. The molecule has 0 saturated carbocycles. The van der Waals surface area contributed by atoms with E-state index in [1.165, 1.54) is 5.56 Å². The zero-order valence-corrected chi connectivity index (χ0v) is 12.6. The summed E-state index contributed by atoms with van der Waals surface area (Å²) in [4.78, 5) is 4.24. The largest absolute Gasteiger partial charge is 0.357 e. The number of pyridine rings is 1. The number of nitrogens with zero attached hydrogens (tertiary/aromatic N) is 1. The predicted molar refractivity (Wildman–Crippen MR) is 87.8 cm³/mol. The van der Waals surface area contributed by atoms with Crippen LogP contribution in [0.15, 0.2) is 48.7 Å². The van der Waals surface area contributed by atoms with Crippen molar-refractivity contribution in [2.75, 3.05) is 5.32 Å². The summed E-state index contributed by atoms with van der Waals surface area (Å²) < 4.78 is 0. The van der Waals surface area contributed by atoms with Crippen LogP contribution in [0.3, 0.4) is 0 Å². The van der Waals surface area contributed by atoms with E-state index in [0.717, 1.165) is 11.4 Å². The van der Waals surface area contributed by atoms with Gasteiger partial charge in [0.25, 0.3) is 0 Å². The van der Waals surface area contributed by atoms with Crippen molar-refractivity contribution >= 4 is 23.0 Å². The minimum atomic E-state index is 0.540. The first kappa shape index (κ1) is 14.5. The van der Waals surface area contributed by atoms with Crippen molar-refractivity contribution in [1.29, 1.82) is 0 Å². The summed E-state index contributed by atoms with van der Waals surface area (Å²) in [6, 6.07) is 14.2. The Labute approximate surface area is 125 Å². The average Bonchev–Trinajstić information content (AvgIpc) is 2.47. The van der Waals surface area contributed by atoms with E-state index in [-0.39, 0.29) is 0 Å². The normalized spacial score (nSPS) is 10.3. The van der Waals surface area contributed by atoms with Gasteiger partial charge in [-0.2, -0.15) is 0 Å². The molecule has 1 aromatic heterocycles. The Morgan fingerprint density at radius 2 is 1.90 bits per heavy atom. The molecule has 4 heteroatoms. The van der Waals surface area contributed by atoms with Crippen LogP contribution in [-0.2, 0) is 6.54 Å². The van der Waals surface area contributed by atoms with Crippen LogP contribution >= 0.6 is 12.2 Å². The van der Waals surface area contributed by atoms with Crippen molar-refractivity contribution in [2.45, 2.75) is 26.3 Å². The Kier molecular flexibility index (Phi) is 5.07. The highest BCUT2D eigenvalue weighted by molar-refractivity contribution is 7.80. The number of anilines is 1. The first-order chi connectivity index (χ1) is 9.65. The second-order valence-corrected chi connectivity index (χ2v) is 5.31. The topological polar surface area (TPSA) is 37.0 Å². The average molecular weight is 285 g/mol. The van der Waals surface area contributed by atoms with Crippen LogP contribution in [0, 0.1) is 0 Å². The predicted octanol–water partition coefficient (Wildman–Crippen LogP) is 3.69. The van der Waals surface area contributed by atoms with Gasteiger partial charge in [0, 0.05) is 11.9 Å². The highest BCUT2D eigenvalue weighted by atomic mass is 32.1. The molecule has 0 saturated heterocycles. The number of thiocarbonyl (C=S) groups is 1. The molecule has 3 nitrogen and oxygen atoms in total. The van der Waals surface area contributed by atoms with Crippen molar-refractivity contribution in [2.24, 2.45) is 0 Å². The van der Waals surface area contributed by atoms with E-state index >= 15 is 0 Å². The molecule has 2 aromatic rings. The van der Waals surface area contributed by atoms with E-state index in [4.69, 9.17) is 12.2 Å². The quantitative estimate of drug-likeness (QED) is 0.840. The molecular weight excluding hydrogens is 266 g/mol. The van der Waals surface area contributed by atoms with Crippen molar-refractivity contribution in [1.82, 2.24) is 10.3 Å². The Morgan fingerprint density at radius 3 is 2.50 bits per heavy atom. The van der Waals surface area contributed by atoms with Gasteiger partial charge in [0.15, 0.2) is 5.11 Å². The molecule has 0 spiro atoms. The number of benzene rings is 1. The van der Waals surface area contributed by atoms with Crippen LogP contribution < -0.4 is 10.6 Å². The van der Waals surface area contributed by atoms with Crippen LogP contribution in [0.25, 0.3) is 0 Å². The molecule has 0 amide bonds. The van der Waals surface area contributed by atoms with E-state index < -0.39 is 0 Å². The minimum absolute atomic E-state index is 0.540. The second kappa shape index (κ2) is 7.01. The first-order valence-electron chi connectivity index (χ1n) is 6.70. The lowest BCUT2D eigenvalue weighted by molar-refractivity contribution is 0.866. The van der Waals surface area contributed by atoms with Gasteiger partial charge in [0.2, 0.25) is 0 Å². The number of rotatable bonds is 4. The third-order valence-corrected chi connectivity index (χ3v) is 3.24. The van der Waals surface area contributed by atoms with Gasteiger partial charge in [-0.05, 0) is 48.0 Å². The van der Waals surface area contributed by atoms with Gasteiger partial charge in [-0.15, -0.1) is 0 Å². The van der Waals surface area contributed by atoms with E-state index in [9.17, 15) is 0 Å². The Hall–Kier alpha value is -1.94. The number of hydrogen-bond acceptors (Lipinski definition) is 2. The lowest BCUT2D eigenvalue weighted by Gasteiger charge is -2.11. The molecule has 0 atom stereocenters. The number of aromatic nitrogens is 1. The lowest BCUT2D eigenvalue weighted by atomic mass is 10.0. The monoisotopic (exact) mass is 285 g/mol. The fourth-order valence-electron chi connectivity index (χ4n) is 1.80. The molecule has 2 rings (SSSR count). The van der Waals surface area contributed by atoms with Gasteiger partial charge in [-0.3, -0.25) is 4.98 Å². The molecule has 1 aromatic carbocycles. The number of hydrogen-bond donors (Lipinski definition) is 2. The van der Waals surface area contributed by atoms with Crippen molar-refractivity contribution in [3.8, 4) is 0 Å². The fourth-order valence-corrected chi connectivity index (χ4v) is 1.99. The molecule has 0 bridgehead atoms. The van der Waals surface area contributed by atoms with Gasteiger partial charge in [-0.25, -0.2) is 0 Å². The summed E-state index contributed by atoms with van der Waals surface area (Å²) in [5, 5.41) is 6.92. The van der Waals surface area contributed by atoms with Crippen LogP contribution in [0.5, 0.6) is 0 Å². The Bertz CT molecular complexity index is 550. The molecule has 2 N–H and O–H groups in total.